The molecule has 1 rings (SSSR count). The quantitative estimate of drug-likeness (QED) is 0.0559. The van der Waals surface area contributed by atoms with Crippen molar-refractivity contribution in [3.8, 4) is 0 Å². The Morgan fingerprint density at radius 2 is 0.211 bits per heavy atom. The van der Waals surface area contributed by atoms with E-state index in [1.54, 1.807) is 0 Å². The minimum Gasteiger partial charge on any atom is -0.224 e. The largest absolute Gasteiger partial charge is 0.224 e. The van der Waals surface area contributed by atoms with Gasteiger partial charge in [-0.2, -0.15) is 0 Å². The average Bonchev–Trinajstić information content (AvgIpc) is 0.694. The van der Waals surface area contributed by atoms with Gasteiger partial charge in [-0.3, -0.25) is 0 Å². The van der Waals surface area contributed by atoms with Gasteiger partial charge in [0.05, 0.1) is 34.5 Å². The van der Waals surface area contributed by atoms with Crippen molar-refractivity contribution in [2.24, 2.45) is 0 Å². The van der Waals surface area contributed by atoms with Gasteiger partial charge in [0.25, 0.3) is 0 Å². The topological polar surface area (TPSA) is 205 Å². The Morgan fingerprint density at radius 1 is 0.133 bits per heavy atom. The highest BCUT2D eigenvalue weighted by atomic mass is 32.2. The third kappa shape index (κ3) is 37.4. The lowest BCUT2D eigenvalue weighted by Gasteiger charge is -2.26. The van der Waals surface area contributed by atoms with Crippen molar-refractivity contribution in [2.45, 2.75) is 418 Å². The Bertz CT molecular complexity index is 2170. The fourth-order valence-corrected chi connectivity index (χ4v) is 26.8. The fraction of sp³-hybridized carbons (Fsp3) is 0.917. The van der Waals surface area contributed by atoms with Crippen molar-refractivity contribution < 1.29 is 50.5 Å². The second-order valence-corrected chi connectivity index (χ2v) is 39.1. The first-order valence-corrected chi connectivity index (χ1v) is 47.6. The van der Waals surface area contributed by atoms with Crippen LogP contribution in [-0.4, -0.2) is 85.0 Å². The molecule has 1 aromatic rings. The molecular formula is C72H138O12S6. The Balaban J connectivity index is 4.74. The SMILES string of the molecule is CCCCCCCCCCCS(=O)(=O)c1c(S(=O)(=O)CCCCCCCCCCC)c(S(=O)(=O)CCCCCCCCCCC)c(S(=O)(=O)CCCCCCCCCCC)c(S(=O)(=O)CCCCCCCCCCC)c1S(=O)(=O)CCCCCCCCCCC. The molecule has 534 valence electrons. The van der Waals surface area contributed by atoms with E-state index in [2.05, 4.69) is 41.5 Å². The van der Waals surface area contributed by atoms with Crippen LogP contribution in [0.3, 0.4) is 0 Å². The monoisotopic (exact) mass is 1390 g/mol. The minimum atomic E-state index is -5.22. The molecule has 0 unspecified atom stereocenters. The third-order valence-corrected chi connectivity index (χ3v) is 30.1. The molecule has 90 heavy (non-hydrogen) atoms. The second-order valence-electron chi connectivity index (χ2n) is 26.9. The molecule has 0 atom stereocenters. The molecule has 0 saturated carbocycles. The molecule has 12 nitrogen and oxygen atoms in total. The van der Waals surface area contributed by atoms with E-state index in [1.165, 1.54) is 0 Å². The predicted octanol–water partition coefficient (Wildman–Crippen LogP) is 21.5. The van der Waals surface area contributed by atoms with Gasteiger partial charge in [-0.1, -0.05) is 350 Å². The molecular weight excluding hydrogens is 1250 g/mol. The molecule has 0 heterocycles. The van der Waals surface area contributed by atoms with Crippen molar-refractivity contribution >= 4 is 59.0 Å². The summed E-state index contributed by atoms with van der Waals surface area (Å²) < 4.78 is 191. The lowest BCUT2D eigenvalue weighted by Crippen LogP contribution is -2.30. The molecule has 0 amide bonds. The average molecular weight is 1390 g/mol. The lowest BCUT2D eigenvalue weighted by molar-refractivity contribution is 0.530. The number of benzene rings is 1. The molecule has 18 heteroatoms. The first kappa shape index (κ1) is 86.9. The normalized spacial score (nSPS) is 12.9. The van der Waals surface area contributed by atoms with Gasteiger partial charge in [0.1, 0.15) is 29.4 Å². The van der Waals surface area contributed by atoms with E-state index < -0.39 is 123 Å². The summed E-state index contributed by atoms with van der Waals surface area (Å²) in [6.07, 6.45) is 42.2. The number of hydrogen-bond acceptors (Lipinski definition) is 12. The van der Waals surface area contributed by atoms with Crippen molar-refractivity contribution in [3.05, 3.63) is 0 Å². The van der Waals surface area contributed by atoms with E-state index >= 15 is 50.5 Å². The smallest absolute Gasteiger partial charge is 0.181 e. The van der Waals surface area contributed by atoms with Crippen LogP contribution in [0, 0.1) is 0 Å². The van der Waals surface area contributed by atoms with E-state index in [9.17, 15) is 0 Å². The summed E-state index contributed by atoms with van der Waals surface area (Å²) in [5.41, 5.74) is 0. The van der Waals surface area contributed by atoms with Gasteiger partial charge in [0.2, 0.25) is 0 Å². The van der Waals surface area contributed by atoms with E-state index in [0.29, 0.717) is 77.0 Å². The van der Waals surface area contributed by atoms with Crippen LogP contribution in [0.25, 0.3) is 0 Å². The second kappa shape index (κ2) is 52.1. The van der Waals surface area contributed by atoms with Crippen LogP contribution in [0.4, 0.5) is 0 Å². The Hall–Kier alpha value is -1.08. The molecule has 0 aliphatic heterocycles. The number of sulfone groups is 6. The summed E-state index contributed by atoms with van der Waals surface area (Å²) >= 11 is 0. The minimum absolute atomic E-state index is 0.0352. The van der Waals surface area contributed by atoms with E-state index in [-0.39, 0.29) is 38.5 Å². The van der Waals surface area contributed by atoms with Gasteiger partial charge in [-0.25, -0.2) is 50.5 Å². The van der Waals surface area contributed by atoms with Gasteiger partial charge in [-0.15, -0.1) is 0 Å². The zero-order valence-electron chi connectivity index (χ0n) is 58.8. The summed E-state index contributed by atoms with van der Waals surface area (Å²) in [5, 5.41) is 0. The molecule has 0 spiro atoms. The highest BCUT2D eigenvalue weighted by molar-refractivity contribution is 7.99. The van der Waals surface area contributed by atoms with Crippen LogP contribution >= 0.6 is 0 Å². The third-order valence-electron chi connectivity index (χ3n) is 18.2. The Kier molecular flexibility index (Phi) is 50.3. The predicted molar refractivity (Wildman–Crippen MR) is 382 cm³/mol. The molecule has 0 aliphatic rings. The van der Waals surface area contributed by atoms with Crippen molar-refractivity contribution in [1.29, 1.82) is 0 Å². The zero-order chi connectivity index (χ0) is 66.9. The van der Waals surface area contributed by atoms with Crippen LogP contribution in [-0.2, 0) is 59.0 Å². The molecule has 0 bridgehead atoms. The van der Waals surface area contributed by atoms with Crippen molar-refractivity contribution in [1.82, 2.24) is 0 Å². The highest BCUT2D eigenvalue weighted by Gasteiger charge is 2.49. The number of rotatable bonds is 66. The van der Waals surface area contributed by atoms with E-state index in [0.717, 1.165) is 231 Å². The van der Waals surface area contributed by atoms with Gasteiger partial charge in [-0.05, 0) is 38.5 Å². The molecule has 0 fully saturated rings. The van der Waals surface area contributed by atoms with E-state index in [1.807, 2.05) is 0 Å². The van der Waals surface area contributed by atoms with Gasteiger partial charge >= 0.3 is 0 Å². The van der Waals surface area contributed by atoms with Crippen LogP contribution < -0.4 is 0 Å². The van der Waals surface area contributed by atoms with Crippen molar-refractivity contribution in [3.63, 3.8) is 0 Å². The number of hydrogen-bond donors (Lipinski definition) is 0. The molecule has 0 N–H and O–H groups in total. The lowest BCUT2D eigenvalue weighted by atomic mass is 10.1. The van der Waals surface area contributed by atoms with Gasteiger partial charge in [0, 0.05) is 0 Å². The van der Waals surface area contributed by atoms with Crippen LogP contribution in [0.15, 0.2) is 29.4 Å². The first-order chi connectivity index (χ1) is 43.1. The summed E-state index contributed by atoms with van der Waals surface area (Å²) in [6.45, 7) is 12.8. The molecule has 1 aromatic carbocycles. The molecule has 0 radical (unpaired) electrons. The standard InChI is InChI=1S/C72H138O12S6/c1-7-13-19-25-31-37-43-49-55-61-85(73,74)67-68(86(75,76)62-56-50-44-38-32-26-20-14-8-2)70(88(79,80)64-58-52-46-40-34-28-22-16-10-4)72(90(83,84)66-60-54-48-42-36-30-24-18-12-6)71(89(81,82)65-59-53-47-41-35-29-23-17-11-5)69(67)87(77,78)63-57-51-45-39-33-27-21-15-9-3/h7-66H2,1-6H3. The summed E-state index contributed by atoms with van der Waals surface area (Å²) in [4.78, 5) is -8.04. The molecule has 0 aliphatic carbocycles. The maximum atomic E-state index is 15.9. The number of unbranched alkanes of at least 4 members (excludes halogenated alkanes) is 48. The van der Waals surface area contributed by atoms with Crippen LogP contribution in [0.1, 0.15) is 388 Å². The van der Waals surface area contributed by atoms with Gasteiger partial charge in [0.15, 0.2) is 59.0 Å². The summed E-state index contributed by atoms with van der Waals surface area (Å²) in [7, 11) is -31.3. The fourth-order valence-electron chi connectivity index (χ4n) is 12.5. The zero-order valence-corrected chi connectivity index (χ0v) is 63.7. The highest BCUT2D eigenvalue weighted by Crippen LogP contribution is 2.47. The maximum absolute atomic E-state index is 15.9. The Labute approximate surface area is 557 Å². The first-order valence-electron chi connectivity index (χ1n) is 37.7. The Morgan fingerprint density at radius 3 is 0.300 bits per heavy atom. The molecule has 0 aromatic heterocycles. The molecule has 0 saturated heterocycles. The van der Waals surface area contributed by atoms with E-state index in [4.69, 9.17) is 0 Å². The van der Waals surface area contributed by atoms with Crippen molar-refractivity contribution in [2.75, 3.05) is 34.5 Å². The maximum Gasteiger partial charge on any atom is 0.181 e. The van der Waals surface area contributed by atoms with Gasteiger partial charge < -0.3 is 0 Å². The summed E-state index contributed by atoms with van der Waals surface area (Å²) in [5.74, 6) is -4.73. The van der Waals surface area contributed by atoms with Crippen LogP contribution in [0.2, 0.25) is 0 Å². The summed E-state index contributed by atoms with van der Waals surface area (Å²) in [6, 6.07) is 0. The van der Waals surface area contributed by atoms with Crippen LogP contribution in [0.5, 0.6) is 0 Å².